The van der Waals surface area contributed by atoms with Gasteiger partial charge in [-0.25, -0.2) is 5.43 Å². The standard InChI is InChI=1S/C33H39N3O12/c1-15-19(47-23-14-45-10-9-34-23)7-8-24(46-15)48-21-12-33(43,22(13-37)36-35-16(2)38)11-18-26(21)32(42)28-27(30(18)40)29(39)17-5-4-6-20(44-3)25(17)31(28)41/h4-6,15,19,21,23-24,34,37,40,42-43H,7-14H2,1-3H3,(H,35,38)/b36-22+/t15-,19-,21-,23+,24-,33-/m0/s1. The fraction of sp³-hybridized carbons (Fsp3) is 0.515. The first-order valence-corrected chi connectivity index (χ1v) is 15.8. The largest absolute Gasteiger partial charge is 0.507 e. The van der Waals surface area contributed by atoms with Gasteiger partial charge in [0.25, 0.3) is 0 Å². The van der Waals surface area contributed by atoms with E-state index in [1.807, 2.05) is 6.92 Å². The number of amides is 1. The average Bonchev–Trinajstić information content (AvgIpc) is 3.06. The number of phenolic OH excluding ortho intramolecular Hbond substituents is 2. The molecule has 2 aliphatic carbocycles. The van der Waals surface area contributed by atoms with Gasteiger partial charge in [0.2, 0.25) is 11.7 Å². The van der Waals surface area contributed by atoms with Crippen LogP contribution in [0.25, 0.3) is 0 Å². The first-order chi connectivity index (χ1) is 23.0. The molecule has 6 rings (SSSR count). The Morgan fingerprint density at radius 3 is 2.56 bits per heavy atom. The second kappa shape index (κ2) is 13.5. The van der Waals surface area contributed by atoms with Crippen LogP contribution in [0.15, 0.2) is 23.3 Å². The first kappa shape index (κ1) is 33.9. The quantitative estimate of drug-likeness (QED) is 0.112. The minimum Gasteiger partial charge on any atom is -0.507 e. The fourth-order valence-electron chi connectivity index (χ4n) is 6.92. The van der Waals surface area contributed by atoms with Crippen LogP contribution in [-0.4, -0.2) is 107 Å². The third-order valence-electron chi connectivity index (χ3n) is 9.23. The van der Waals surface area contributed by atoms with Crippen molar-refractivity contribution in [2.24, 2.45) is 5.10 Å². The summed E-state index contributed by atoms with van der Waals surface area (Å²) in [5, 5.41) is 52.8. The molecule has 0 saturated carbocycles. The van der Waals surface area contributed by atoms with E-state index in [0.717, 1.165) is 0 Å². The van der Waals surface area contributed by atoms with Gasteiger partial charge in [0.05, 0.1) is 67.6 Å². The van der Waals surface area contributed by atoms with E-state index in [1.165, 1.54) is 32.2 Å². The molecule has 0 radical (unpaired) electrons. The van der Waals surface area contributed by atoms with Crippen LogP contribution in [0.3, 0.4) is 0 Å². The summed E-state index contributed by atoms with van der Waals surface area (Å²) in [7, 11) is 1.35. The molecule has 15 heteroatoms. The van der Waals surface area contributed by atoms with Gasteiger partial charge >= 0.3 is 0 Å². The van der Waals surface area contributed by atoms with E-state index in [1.54, 1.807) is 0 Å². The number of morpholine rings is 1. The lowest BCUT2D eigenvalue weighted by molar-refractivity contribution is -0.257. The molecule has 0 spiro atoms. The first-order valence-electron chi connectivity index (χ1n) is 15.8. The number of ketones is 2. The number of benzene rings is 2. The number of nitrogens with one attached hydrogen (secondary N) is 2. The molecule has 15 nitrogen and oxygen atoms in total. The molecule has 258 valence electrons. The Labute approximate surface area is 275 Å². The van der Waals surface area contributed by atoms with Crippen LogP contribution in [-0.2, 0) is 30.2 Å². The maximum Gasteiger partial charge on any atom is 0.236 e. The number of nitrogens with zero attached hydrogens (tertiary/aromatic N) is 1. The molecule has 2 aromatic rings. The van der Waals surface area contributed by atoms with Crippen molar-refractivity contribution in [2.75, 3.05) is 33.5 Å². The summed E-state index contributed by atoms with van der Waals surface area (Å²) in [5.74, 6) is -3.15. The molecule has 0 aromatic heterocycles. The number of ether oxygens (including phenoxy) is 5. The third kappa shape index (κ3) is 6.07. The van der Waals surface area contributed by atoms with Gasteiger partial charge in [0.1, 0.15) is 29.1 Å². The van der Waals surface area contributed by atoms with E-state index < -0.39 is 77.2 Å². The number of aliphatic hydroxyl groups excluding tert-OH is 1. The lowest BCUT2D eigenvalue weighted by atomic mass is 9.71. The zero-order chi connectivity index (χ0) is 34.3. The molecule has 2 aromatic carbocycles. The molecular weight excluding hydrogens is 630 g/mol. The average molecular weight is 670 g/mol. The zero-order valence-electron chi connectivity index (χ0n) is 26.8. The van der Waals surface area contributed by atoms with Crippen molar-refractivity contribution in [1.29, 1.82) is 0 Å². The summed E-state index contributed by atoms with van der Waals surface area (Å²) in [6.07, 6.45) is -3.03. The van der Waals surface area contributed by atoms with Crippen LogP contribution in [0.1, 0.15) is 82.2 Å². The molecule has 6 N–H and O–H groups in total. The van der Waals surface area contributed by atoms with E-state index in [4.69, 9.17) is 23.7 Å². The number of rotatable bonds is 8. The normalized spacial score (nSPS) is 28.7. The fourth-order valence-corrected chi connectivity index (χ4v) is 6.92. The number of aromatic hydroxyl groups is 2. The summed E-state index contributed by atoms with van der Waals surface area (Å²) >= 11 is 0. The number of carbonyl (C=O) groups excluding carboxylic acids is 3. The monoisotopic (exact) mass is 669 g/mol. The minimum absolute atomic E-state index is 0.0228. The van der Waals surface area contributed by atoms with Crippen molar-refractivity contribution in [3.63, 3.8) is 0 Å². The smallest absolute Gasteiger partial charge is 0.236 e. The van der Waals surface area contributed by atoms with Crippen LogP contribution in [0.5, 0.6) is 17.2 Å². The van der Waals surface area contributed by atoms with E-state index >= 15 is 0 Å². The molecule has 48 heavy (non-hydrogen) atoms. The summed E-state index contributed by atoms with van der Waals surface area (Å²) in [4.78, 5) is 39.4. The number of aliphatic hydroxyl groups is 2. The molecule has 2 heterocycles. The number of methoxy groups -OCH3 is 1. The summed E-state index contributed by atoms with van der Waals surface area (Å²) in [6, 6.07) is 4.45. The van der Waals surface area contributed by atoms with E-state index in [2.05, 4.69) is 15.8 Å². The van der Waals surface area contributed by atoms with E-state index in [9.17, 15) is 34.8 Å². The molecule has 6 atom stereocenters. The van der Waals surface area contributed by atoms with E-state index in [-0.39, 0.29) is 52.5 Å². The number of hydrogen-bond donors (Lipinski definition) is 6. The Morgan fingerprint density at radius 1 is 1.12 bits per heavy atom. The van der Waals surface area contributed by atoms with Crippen molar-refractivity contribution in [3.8, 4) is 17.2 Å². The zero-order valence-corrected chi connectivity index (χ0v) is 26.8. The van der Waals surface area contributed by atoms with Crippen LogP contribution in [0.4, 0.5) is 0 Å². The number of phenols is 2. The molecular formula is C33H39N3O12. The van der Waals surface area contributed by atoms with Crippen molar-refractivity contribution >= 4 is 23.2 Å². The van der Waals surface area contributed by atoms with Gasteiger partial charge in [-0.05, 0) is 19.4 Å². The Balaban J connectivity index is 1.39. The number of carbonyl (C=O) groups is 3. The van der Waals surface area contributed by atoms with Gasteiger partial charge in [-0.2, -0.15) is 5.10 Å². The number of fused-ring (bicyclic) bond motifs is 3. The molecule has 1 amide bonds. The SMILES string of the molecule is COc1cccc2c1C(=O)c1c(O)c3c(c(O)c1C2=O)C[C@@](O)(/C(CO)=N/NC(C)=O)C[C@@H]3O[C@H]1CC[C@H](O[C@@H]2COCCN2)[C@H](C)O1. The van der Waals surface area contributed by atoms with E-state index in [0.29, 0.717) is 32.6 Å². The maximum atomic E-state index is 13.9. The highest BCUT2D eigenvalue weighted by Gasteiger charge is 2.49. The Morgan fingerprint density at radius 2 is 1.90 bits per heavy atom. The summed E-state index contributed by atoms with van der Waals surface area (Å²) in [5.41, 5.74) is -1.13. The molecule has 4 aliphatic rings. The van der Waals surface area contributed by atoms with Gasteiger partial charge in [-0.1, -0.05) is 12.1 Å². The van der Waals surface area contributed by atoms with Crippen LogP contribution in [0, 0.1) is 0 Å². The predicted molar refractivity (Wildman–Crippen MR) is 166 cm³/mol. The molecule has 0 unspecified atom stereocenters. The summed E-state index contributed by atoms with van der Waals surface area (Å²) in [6.45, 7) is 3.91. The highest BCUT2D eigenvalue weighted by molar-refractivity contribution is 6.31. The molecule has 2 saturated heterocycles. The lowest BCUT2D eigenvalue weighted by Gasteiger charge is -2.42. The lowest BCUT2D eigenvalue weighted by Crippen LogP contribution is -2.50. The van der Waals surface area contributed by atoms with Gasteiger partial charge in [0, 0.05) is 49.4 Å². The summed E-state index contributed by atoms with van der Waals surface area (Å²) < 4.78 is 29.5. The van der Waals surface area contributed by atoms with Crippen molar-refractivity contribution in [1.82, 2.24) is 10.7 Å². The highest BCUT2D eigenvalue weighted by atomic mass is 16.7. The minimum atomic E-state index is -2.03. The molecule has 2 aliphatic heterocycles. The van der Waals surface area contributed by atoms with Crippen molar-refractivity contribution in [3.05, 3.63) is 51.6 Å². The van der Waals surface area contributed by atoms with Crippen LogP contribution in [0.2, 0.25) is 0 Å². The molecule has 0 bridgehead atoms. The Kier molecular flexibility index (Phi) is 9.55. The van der Waals surface area contributed by atoms with Gasteiger partial charge in [0.15, 0.2) is 12.1 Å². The Bertz CT molecular complexity index is 1650. The van der Waals surface area contributed by atoms with Gasteiger partial charge in [-0.15, -0.1) is 0 Å². The van der Waals surface area contributed by atoms with Crippen LogP contribution < -0.4 is 15.5 Å². The third-order valence-corrected chi connectivity index (χ3v) is 9.23. The second-order valence-corrected chi connectivity index (χ2v) is 12.3. The van der Waals surface area contributed by atoms with Gasteiger partial charge < -0.3 is 44.1 Å². The topological polar surface area (TPSA) is 215 Å². The molecule has 2 fully saturated rings. The highest BCUT2D eigenvalue weighted by Crippen LogP contribution is 2.52. The Hall–Kier alpha value is -3.96. The van der Waals surface area contributed by atoms with Crippen molar-refractivity contribution < 1.29 is 58.5 Å². The number of hydrogen-bond acceptors (Lipinski definition) is 14. The van der Waals surface area contributed by atoms with Crippen molar-refractivity contribution in [2.45, 2.75) is 76.0 Å². The maximum absolute atomic E-state index is 13.9. The van der Waals surface area contributed by atoms with Gasteiger partial charge in [-0.3, -0.25) is 19.7 Å². The van der Waals surface area contributed by atoms with Crippen LogP contribution >= 0.6 is 0 Å². The predicted octanol–water partition coefficient (Wildman–Crippen LogP) is 0.957. The number of hydrazone groups is 1. The second-order valence-electron chi connectivity index (χ2n) is 12.3.